The fourth-order valence-corrected chi connectivity index (χ4v) is 3.89. The number of hydrogen-bond acceptors (Lipinski definition) is 7. The summed E-state index contributed by atoms with van der Waals surface area (Å²) in [4.78, 5) is 12.5. The smallest absolute Gasteiger partial charge is 0.243 e. The van der Waals surface area contributed by atoms with E-state index < -0.39 is 18.6 Å². The maximum Gasteiger partial charge on any atom is 0.243 e. The van der Waals surface area contributed by atoms with E-state index in [1.165, 1.54) is 0 Å². The van der Waals surface area contributed by atoms with E-state index >= 15 is 0 Å². The number of anilines is 1. The van der Waals surface area contributed by atoms with E-state index in [9.17, 15) is 9.90 Å². The van der Waals surface area contributed by atoms with Gasteiger partial charge in [-0.1, -0.05) is 12.1 Å². The highest BCUT2D eigenvalue weighted by molar-refractivity contribution is 5.98. The van der Waals surface area contributed by atoms with E-state index in [4.69, 9.17) is 24.7 Å². The summed E-state index contributed by atoms with van der Waals surface area (Å²) in [6, 6.07) is 6.59. The molecule has 1 aliphatic carbocycles. The van der Waals surface area contributed by atoms with E-state index in [1.54, 1.807) is 28.4 Å². The highest BCUT2D eigenvalue weighted by atomic mass is 16.5. The molecule has 2 aromatic rings. The van der Waals surface area contributed by atoms with Crippen molar-refractivity contribution in [3.8, 4) is 23.0 Å². The number of amides is 1. The molecule has 0 bridgehead atoms. The molecule has 0 heterocycles. The summed E-state index contributed by atoms with van der Waals surface area (Å²) in [5.74, 6) is 1.71. The predicted octanol–water partition coefficient (Wildman–Crippen LogP) is 2.75. The molecule has 0 unspecified atom stereocenters. The molecule has 1 aliphatic rings. The van der Waals surface area contributed by atoms with Crippen LogP contribution in [-0.4, -0.2) is 52.1 Å². The van der Waals surface area contributed by atoms with Crippen LogP contribution in [0, 0.1) is 0 Å². The third-order valence-corrected chi connectivity index (χ3v) is 5.52. The number of carbonyl (C=O) groups is 1. The van der Waals surface area contributed by atoms with Gasteiger partial charge in [-0.2, -0.15) is 0 Å². The highest BCUT2D eigenvalue weighted by Gasteiger charge is 2.24. The molecule has 8 nitrogen and oxygen atoms in total. The lowest BCUT2D eigenvalue weighted by Gasteiger charge is -2.21. The maximum atomic E-state index is 12.5. The van der Waals surface area contributed by atoms with Crippen LogP contribution in [0.4, 0.5) is 5.69 Å². The largest absolute Gasteiger partial charge is 0.495 e. The zero-order chi connectivity index (χ0) is 23.3. The number of benzene rings is 2. The van der Waals surface area contributed by atoms with Crippen LogP contribution in [0.25, 0.3) is 5.57 Å². The number of hydrogen-bond donors (Lipinski definition) is 3. The number of rotatable bonds is 8. The Kier molecular flexibility index (Phi) is 7.61. The third kappa shape index (κ3) is 4.51. The molecule has 0 aliphatic heterocycles. The molecular formula is C24H30N2O6. The molecule has 1 atom stereocenters. The second-order valence-electron chi connectivity index (χ2n) is 7.37. The Bertz CT molecular complexity index is 993. The second kappa shape index (κ2) is 10.4. The lowest BCUT2D eigenvalue weighted by atomic mass is 9.91. The number of carbonyl (C=O) groups excluding carboxylic acids is 1. The zero-order valence-electron chi connectivity index (χ0n) is 18.9. The monoisotopic (exact) mass is 442 g/mol. The minimum Gasteiger partial charge on any atom is -0.495 e. The van der Waals surface area contributed by atoms with Gasteiger partial charge in [-0.15, -0.1) is 0 Å². The fourth-order valence-electron chi connectivity index (χ4n) is 3.89. The third-order valence-electron chi connectivity index (χ3n) is 5.52. The number of nitrogens with two attached hydrogens (primary N) is 1. The van der Waals surface area contributed by atoms with Gasteiger partial charge >= 0.3 is 0 Å². The van der Waals surface area contributed by atoms with Crippen molar-refractivity contribution in [3.63, 3.8) is 0 Å². The number of aliphatic hydroxyl groups is 1. The lowest BCUT2D eigenvalue weighted by Crippen LogP contribution is -2.38. The molecule has 3 rings (SSSR count). The highest BCUT2D eigenvalue weighted by Crippen LogP contribution is 2.44. The van der Waals surface area contributed by atoms with Crippen LogP contribution in [0.3, 0.4) is 0 Å². The Morgan fingerprint density at radius 1 is 1.06 bits per heavy atom. The van der Waals surface area contributed by atoms with Gasteiger partial charge in [0, 0.05) is 0 Å². The van der Waals surface area contributed by atoms with Crippen LogP contribution in [0.15, 0.2) is 30.3 Å². The molecule has 0 fully saturated rings. The zero-order valence-corrected chi connectivity index (χ0v) is 18.9. The number of fused-ring (bicyclic) bond motifs is 1. The van der Waals surface area contributed by atoms with Gasteiger partial charge in [0.15, 0.2) is 11.5 Å². The van der Waals surface area contributed by atoms with Crippen molar-refractivity contribution in [3.05, 3.63) is 47.0 Å². The second-order valence-corrected chi connectivity index (χ2v) is 7.37. The van der Waals surface area contributed by atoms with Gasteiger partial charge < -0.3 is 35.1 Å². The summed E-state index contributed by atoms with van der Waals surface area (Å²) in [6.07, 6.45) is 4.65. The van der Waals surface area contributed by atoms with Crippen LogP contribution in [0.1, 0.15) is 29.5 Å². The number of allylic oxidation sites excluding steroid dienone is 1. The summed E-state index contributed by atoms with van der Waals surface area (Å²) in [5.41, 5.74) is 10.1. The van der Waals surface area contributed by atoms with Crippen molar-refractivity contribution in [2.75, 3.05) is 40.4 Å². The quantitative estimate of drug-likeness (QED) is 0.576. The van der Waals surface area contributed by atoms with Gasteiger partial charge in [-0.05, 0) is 59.7 Å². The Hall–Kier alpha value is -3.23. The average molecular weight is 443 g/mol. The van der Waals surface area contributed by atoms with Gasteiger partial charge in [-0.3, -0.25) is 4.79 Å². The van der Waals surface area contributed by atoms with Crippen molar-refractivity contribution in [2.45, 2.75) is 25.3 Å². The molecule has 8 heteroatoms. The minimum atomic E-state index is -1.02. The van der Waals surface area contributed by atoms with Crippen molar-refractivity contribution in [1.29, 1.82) is 0 Å². The molecule has 2 aromatic carbocycles. The molecule has 0 saturated carbocycles. The first-order valence-electron chi connectivity index (χ1n) is 10.4. The van der Waals surface area contributed by atoms with Crippen LogP contribution in [0.5, 0.6) is 23.0 Å². The number of nitrogens with one attached hydrogen (secondary N) is 1. The Labute approximate surface area is 187 Å². The minimum absolute atomic E-state index is 0.445. The summed E-state index contributed by atoms with van der Waals surface area (Å²) >= 11 is 0. The molecule has 0 radical (unpaired) electrons. The Morgan fingerprint density at radius 3 is 2.28 bits per heavy atom. The summed E-state index contributed by atoms with van der Waals surface area (Å²) in [5, 5.41) is 12.1. The molecule has 4 N–H and O–H groups in total. The first-order chi connectivity index (χ1) is 15.5. The first-order valence-corrected chi connectivity index (χ1v) is 10.4. The van der Waals surface area contributed by atoms with E-state index in [0.29, 0.717) is 28.7 Å². The van der Waals surface area contributed by atoms with Gasteiger partial charge in [0.1, 0.15) is 11.8 Å². The van der Waals surface area contributed by atoms with Gasteiger partial charge in [0.25, 0.3) is 0 Å². The standard InChI is InChI=1S/C24H30N2O6/c1-29-19-10-9-16-15(14-11-20(30-2)23(32-4)21(12-14)31-3)7-5-6-8-17(16)22(19)26-24(28)18(25)13-27/h7,9-12,18,27H,5-6,8,13,25H2,1-4H3,(H,26,28)/t18-/m0/s1. The molecule has 32 heavy (non-hydrogen) atoms. The molecule has 0 aromatic heterocycles. The molecule has 0 saturated heterocycles. The predicted molar refractivity (Wildman–Crippen MR) is 123 cm³/mol. The first kappa shape index (κ1) is 23.4. The molecular weight excluding hydrogens is 412 g/mol. The van der Waals surface area contributed by atoms with Crippen molar-refractivity contribution in [2.24, 2.45) is 5.73 Å². The van der Waals surface area contributed by atoms with Gasteiger partial charge in [0.2, 0.25) is 11.7 Å². The van der Waals surface area contributed by atoms with Gasteiger partial charge in [-0.25, -0.2) is 0 Å². The number of ether oxygens (including phenoxy) is 4. The van der Waals surface area contributed by atoms with E-state index in [1.807, 2.05) is 24.3 Å². The van der Waals surface area contributed by atoms with Crippen molar-refractivity contribution < 1.29 is 28.8 Å². The summed E-state index contributed by atoms with van der Waals surface area (Å²) < 4.78 is 22.0. The number of methoxy groups -OCH3 is 4. The lowest BCUT2D eigenvalue weighted by molar-refractivity contribution is -0.118. The molecule has 1 amide bonds. The van der Waals surface area contributed by atoms with E-state index in [0.717, 1.165) is 41.5 Å². The van der Waals surface area contributed by atoms with Crippen molar-refractivity contribution in [1.82, 2.24) is 0 Å². The summed E-state index contributed by atoms with van der Waals surface area (Å²) in [6.45, 7) is -0.445. The average Bonchev–Trinajstić information content (AvgIpc) is 3.05. The van der Waals surface area contributed by atoms with Crippen LogP contribution in [-0.2, 0) is 11.2 Å². The van der Waals surface area contributed by atoms with Crippen LogP contribution < -0.4 is 30.0 Å². The molecule has 0 spiro atoms. The summed E-state index contributed by atoms with van der Waals surface area (Å²) in [7, 11) is 6.29. The normalized spacial score (nSPS) is 13.9. The number of aliphatic hydroxyl groups excluding tert-OH is 1. The van der Waals surface area contributed by atoms with E-state index in [-0.39, 0.29) is 0 Å². The topological polar surface area (TPSA) is 112 Å². The SMILES string of the molecule is COc1ccc2c(c1NC(=O)[C@@H](N)CO)CCCC=C2c1cc(OC)c(OC)c(OC)c1. The Balaban J connectivity index is 2.17. The Morgan fingerprint density at radius 2 is 1.72 bits per heavy atom. The van der Waals surface area contributed by atoms with Crippen LogP contribution >= 0.6 is 0 Å². The van der Waals surface area contributed by atoms with Crippen molar-refractivity contribution >= 4 is 17.2 Å². The van der Waals surface area contributed by atoms with Crippen LogP contribution in [0.2, 0.25) is 0 Å². The van der Waals surface area contributed by atoms with Gasteiger partial charge in [0.05, 0.1) is 40.7 Å². The van der Waals surface area contributed by atoms with E-state index in [2.05, 4.69) is 11.4 Å². The fraction of sp³-hybridized carbons (Fsp3) is 0.375. The maximum absolute atomic E-state index is 12.5. The molecule has 172 valence electrons.